The van der Waals surface area contributed by atoms with E-state index in [2.05, 4.69) is 10.3 Å². The maximum absolute atomic E-state index is 11.6. The average molecular weight is 254 g/mol. The molecular formula is C12H16ClN3O. The van der Waals surface area contributed by atoms with Gasteiger partial charge in [0, 0.05) is 23.5 Å². The van der Waals surface area contributed by atoms with Gasteiger partial charge in [-0.25, -0.2) is 0 Å². The van der Waals surface area contributed by atoms with Crippen LogP contribution in [0, 0.1) is 0 Å². The summed E-state index contributed by atoms with van der Waals surface area (Å²) in [6.45, 7) is 0.543. The summed E-state index contributed by atoms with van der Waals surface area (Å²) in [6.07, 6.45) is 3.05. The van der Waals surface area contributed by atoms with Crippen LogP contribution in [0.5, 0.6) is 0 Å². The van der Waals surface area contributed by atoms with Crippen LogP contribution >= 0.6 is 12.4 Å². The molecule has 0 aliphatic carbocycles. The Bertz CT molecular complexity index is 495. The van der Waals surface area contributed by atoms with Crippen LogP contribution in [0.25, 0.3) is 10.9 Å². The number of rotatable bonds is 4. The molecule has 92 valence electrons. The number of anilines is 1. The molecule has 17 heavy (non-hydrogen) atoms. The molecule has 4 nitrogen and oxygen atoms in total. The molecule has 0 fully saturated rings. The van der Waals surface area contributed by atoms with Gasteiger partial charge in [-0.05, 0) is 31.2 Å². The van der Waals surface area contributed by atoms with Gasteiger partial charge < -0.3 is 16.0 Å². The van der Waals surface area contributed by atoms with Crippen molar-refractivity contribution < 1.29 is 4.79 Å². The topological polar surface area (TPSA) is 70.9 Å². The molecule has 1 aromatic heterocycles. The standard InChI is InChI=1S/C12H15N3O.ClH/c13-7-2-5-12(16)15-11-4-1-3-10-9(11)6-8-14-10;/h1,3-4,6,8,14H,2,5,7,13H2,(H,15,16);1H. The second-order valence-corrected chi connectivity index (χ2v) is 3.68. The lowest BCUT2D eigenvalue weighted by atomic mass is 10.2. The van der Waals surface area contributed by atoms with Crippen LogP contribution in [0.15, 0.2) is 30.5 Å². The Morgan fingerprint density at radius 1 is 1.35 bits per heavy atom. The molecular weight excluding hydrogens is 238 g/mol. The highest BCUT2D eigenvalue weighted by atomic mass is 35.5. The number of fused-ring (bicyclic) bond motifs is 1. The van der Waals surface area contributed by atoms with E-state index in [1.54, 1.807) is 0 Å². The van der Waals surface area contributed by atoms with Crippen molar-refractivity contribution in [1.29, 1.82) is 0 Å². The van der Waals surface area contributed by atoms with E-state index in [9.17, 15) is 4.79 Å². The van der Waals surface area contributed by atoms with Crippen LogP contribution in [-0.4, -0.2) is 17.4 Å². The van der Waals surface area contributed by atoms with Crippen LogP contribution in [-0.2, 0) is 4.79 Å². The monoisotopic (exact) mass is 253 g/mol. The molecule has 1 aromatic carbocycles. The first-order valence-corrected chi connectivity index (χ1v) is 5.37. The zero-order valence-corrected chi connectivity index (χ0v) is 10.2. The Kier molecular flexibility index (Phi) is 5.00. The van der Waals surface area contributed by atoms with E-state index < -0.39 is 0 Å². The Labute approximate surface area is 106 Å². The quantitative estimate of drug-likeness (QED) is 0.782. The first-order chi connectivity index (χ1) is 7.81. The number of hydrogen-bond acceptors (Lipinski definition) is 2. The zero-order chi connectivity index (χ0) is 11.4. The summed E-state index contributed by atoms with van der Waals surface area (Å²) >= 11 is 0. The fourth-order valence-corrected chi connectivity index (χ4v) is 1.67. The molecule has 0 unspecified atom stereocenters. The molecule has 2 rings (SSSR count). The zero-order valence-electron chi connectivity index (χ0n) is 9.40. The normalized spacial score (nSPS) is 9.94. The van der Waals surface area contributed by atoms with Crippen molar-refractivity contribution >= 4 is 34.9 Å². The maximum atomic E-state index is 11.6. The van der Waals surface area contributed by atoms with E-state index in [4.69, 9.17) is 5.73 Å². The molecule has 0 aliphatic heterocycles. The number of aromatic amines is 1. The van der Waals surface area contributed by atoms with E-state index in [0.717, 1.165) is 23.0 Å². The summed E-state index contributed by atoms with van der Waals surface area (Å²) in [6, 6.07) is 7.74. The summed E-state index contributed by atoms with van der Waals surface area (Å²) in [5.74, 6) is 0.0131. The van der Waals surface area contributed by atoms with Crippen molar-refractivity contribution in [3.05, 3.63) is 30.5 Å². The summed E-state index contributed by atoms with van der Waals surface area (Å²) in [5, 5.41) is 3.92. The van der Waals surface area contributed by atoms with Crippen LogP contribution in [0.4, 0.5) is 5.69 Å². The molecule has 4 N–H and O–H groups in total. The lowest BCUT2D eigenvalue weighted by Gasteiger charge is -2.05. The molecule has 1 heterocycles. The number of carbonyl (C=O) groups excluding carboxylic acids is 1. The van der Waals surface area contributed by atoms with E-state index in [-0.39, 0.29) is 18.3 Å². The van der Waals surface area contributed by atoms with Gasteiger partial charge in [-0.2, -0.15) is 0 Å². The third-order valence-electron chi connectivity index (χ3n) is 2.48. The average Bonchev–Trinajstić information content (AvgIpc) is 2.75. The van der Waals surface area contributed by atoms with Crippen molar-refractivity contribution in [1.82, 2.24) is 4.98 Å². The highest BCUT2D eigenvalue weighted by Gasteiger charge is 2.05. The number of halogens is 1. The van der Waals surface area contributed by atoms with Crippen LogP contribution in [0.2, 0.25) is 0 Å². The van der Waals surface area contributed by atoms with Gasteiger partial charge in [0.05, 0.1) is 5.69 Å². The van der Waals surface area contributed by atoms with Crippen molar-refractivity contribution in [3.8, 4) is 0 Å². The van der Waals surface area contributed by atoms with E-state index in [0.29, 0.717) is 13.0 Å². The fourth-order valence-electron chi connectivity index (χ4n) is 1.67. The lowest BCUT2D eigenvalue weighted by Crippen LogP contribution is -2.13. The lowest BCUT2D eigenvalue weighted by molar-refractivity contribution is -0.116. The van der Waals surface area contributed by atoms with E-state index >= 15 is 0 Å². The molecule has 0 saturated carbocycles. The Morgan fingerprint density at radius 2 is 2.18 bits per heavy atom. The minimum atomic E-state index is 0. The number of H-pyrrole nitrogens is 1. The van der Waals surface area contributed by atoms with Gasteiger partial charge in [0.25, 0.3) is 0 Å². The molecule has 2 aromatic rings. The fraction of sp³-hybridized carbons (Fsp3) is 0.250. The number of carbonyl (C=O) groups is 1. The number of aromatic nitrogens is 1. The van der Waals surface area contributed by atoms with Crippen molar-refractivity contribution in [2.45, 2.75) is 12.8 Å². The Morgan fingerprint density at radius 3 is 2.94 bits per heavy atom. The predicted octanol–water partition coefficient (Wildman–Crippen LogP) is 2.27. The number of amides is 1. The summed E-state index contributed by atoms with van der Waals surface area (Å²) in [7, 11) is 0. The minimum Gasteiger partial charge on any atom is -0.361 e. The van der Waals surface area contributed by atoms with Gasteiger partial charge >= 0.3 is 0 Å². The molecule has 0 spiro atoms. The van der Waals surface area contributed by atoms with E-state index in [1.165, 1.54) is 0 Å². The van der Waals surface area contributed by atoms with Gasteiger partial charge in [0.1, 0.15) is 0 Å². The number of benzene rings is 1. The van der Waals surface area contributed by atoms with E-state index in [1.807, 2.05) is 30.5 Å². The third-order valence-corrected chi connectivity index (χ3v) is 2.48. The highest BCUT2D eigenvalue weighted by Crippen LogP contribution is 2.22. The first-order valence-electron chi connectivity index (χ1n) is 5.37. The summed E-state index contributed by atoms with van der Waals surface area (Å²) in [4.78, 5) is 14.7. The molecule has 0 radical (unpaired) electrons. The SMILES string of the molecule is Cl.NCCCC(=O)Nc1cccc2[nH]ccc12. The van der Waals surface area contributed by atoms with Crippen molar-refractivity contribution in [2.24, 2.45) is 5.73 Å². The van der Waals surface area contributed by atoms with Gasteiger partial charge in [-0.3, -0.25) is 4.79 Å². The second kappa shape index (κ2) is 6.27. The molecule has 0 atom stereocenters. The van der Waals surface area contributed by atoms with Gasteiger partial charge in [0.15, 0.2) is 0 Å². The smallest absolute Gasteiger partial charge is 0.224 e. The molecule has 0 aliphatic rings. The molecule has 5 heteroatoms. The second-order valence-electron chi connectivity index (χ2n) is 3.68. The van der Waals surface area contributed by atoms with Crippen molar-refractivity contribution in [2.75, 3.05) is 11.9 Å². The summed E-state index contributed by atoms with van der Waals surface area (Å²) in [5.41, 5.74) is 7.23. The third kappa shape index (κ3) is 3.22. The number of nitrogens with two attached hydrogens (primary N) is 1. The summed E-state index contributed by atoms with van der Waals surface area (Å²) < 4.78 is 0. The minimum absolute atomic E-state index is 0. The molecule has 0 bridgehead atoms. The van der Waals surface area contributed by atoms with Gasteiger partial charge in [-0.1, -0.05) is 6.07 Å². The van der Waals surface area contributed by atoms with Crippen LogP contribution in [0.1, 0.15) is 12.8 Å². The molecule has 0 saturated heterocycles. The van der Waals surface area contributed by atoms with Crippen LogP contribution < -0.4 is 11.1 Å². The highest BCUT2D eigenvalue weighted by molar-refractivity contribution is 6.01. The van der Waals surface area contributed by atoms with Gasteiger partial charge in [-0.15, -0.1) is 12.4 Å². The number of hydrogen-bond donors (Lipinski definition) is 3. The maximum Gasteiger partial charge on any atom is 0.224 e. The Hall–Kier alpha value is -1.52. The largest absolute Gasteiger partial charge is 0.361 e. The van der Waals surface area contributed by atoms with Crippen LogP contribution in [0.3, 0.4) is 0 Å². The van der Waals surface area contributed by atoms with Gasteiger partial charge in [0.2, 0.25) is 5.91 Å². The number of nitrogens with one attached hydrogen (secondary N) is 2. The van der Waals surface area contributed by atoms with Crippen molar-refractivity contribution in [3.63, 3.8) is 0 Å². The predicted molar refractivity (Wildman–Crippen MR) is 72.5 cm³/mol. The molecule has 1 amide bonds. The first kappa shape index (κ1) is 13.5. The Balaban J connectivity index is 0.00000144.